The number of imidazole rings is 1. The summed E-state index contributed by atoms with van der Waals surface area (Å²) in [5, 5.41) is 9.18. The Morgan fingerprint density at radius 2 is 1.67 bits per heavy atom. The number of hydrogen-bond donors (Lipinski definition) is 0. The third-order valence-electron chi connectivity index (χ3n) is 6.11. The minimum atomic E-state index is 0.480. The zero-order chi connectivity index (χ0) is 20.9. The van der Waals surface area contributed by atoms with E-state index in [4.69, 9.17) is 4.98 Å². The third-order valence-corrected chi connectivity index (χ3v) is 6.11. The maximum atomic E-state index is 9.18. The van der Waals surface area contributed by atoms with Crippen LogP contribution < -0.4 is 0 Å². The first-order valence-corrected chi connectivity index (χ1v) is 10.7. The summed E-state index contributed by atoms with van der Waals surface area (Å²) in [6.45, 7) is 7.66. The van der Waals surface area contributed by atoms with E-state index in [1.54, 1.807) is 0 Å². The van der Waals surface area contributed by atoms with Crippen LogP contribution in [-0.4, -0.2) is 58.6 Å². The molecule has 0 unspecified atom stereocenters. The number of rotatable bonds is 6. The molecule has 1 atom stereocenters. The fourth-order valence-electron chi connectivity index (χ4n) is 4.25. The molecule has 2 aromatic carbocycles. The molecule has 5 nitrogen and oxygen atoms in total. The van der Waals surface area contributed by atoms with Crippen molar-refractivity contribution in [1.29, 1.82) is 5.26 Å². The van der Waals surface area contributed by atoms with Crippen molar-refractivity contribution in [3.8, 4) is 28.6 Å². The van der Waals surface area contributed by atoms with Gasteiger partial charge in [-0.25, -0.2) is 4.98 Å². The van der Waals surface area contributed by atoms with Crippen molar-refractivity contribution in [3.63, 3.8) is 0 Å². The molecule has 0 spiro atoms. The molecule has 30 heavy (non-hydrogen) atoms. The van der Waals surface area contributed by atoms with Gasteiger partial charge in [0.05, 0.1) is 29.3 Å². The average molecular weight is 400 g/mol. The summed E-state index contributed by atoms with van der Waals surface area (Å²) in [5.74, 6) is 0. The molecule has 4 rings (SSSR count). The zero-order valence-corrected chi connectivity index (χ0v) is 17.8. The SMILES string of the molecule is CC[C@H](Cn1cnc(-c2ccccc2)c1-c1ccc(C#N)cc1)N1CCN(C)CC1. The number of benzene rings is 2. The van der Waals surface area contributed by atoms with Crippen LogP contribution in [0, 0.1) is 11.3 Å². The van der Waals surface area contributed by atoms with E-state index < -0.39 is 0 Å². The highest BCUT2D eigenvalue weighted by Crippen LogP contribution is 2.32. The second-order valence-corrected chi connectivity index (χ2v) is 8.05. The summed E-state index contributed by atoms with van der Waals surface area (Å²) in [5.41, 5.74) is 5.00. The third kappa shape index (κ3) is 4.30. The first-order valence-electron chi connectivity index (χ1n) is 10.7. The van der Waals surface area contributed by atoms with Gasteiger partial charge in [0.1, 0.15) is 0 Å². The molecule has 0 bridgehead atoms. The van der Waals surface area contributed by atoms with Crippen molar-refractivity contribution in [2.75, 3.05) is 33.2 Å². The lowest BCUT2D eigenvalue weighted by Crippen LogP contribution is -2.50. The van der Waals surface area contributed by atoms with E-state index in [2.05, 4.69) is 58.7 Å². The molecule has 1 aromatic heterocycles. The molecule has 1 fully saturated rings. The molecule has 3 aromatic rings. The van der Waals surface area contributed by atoms with Gasteiger partial charge in [0.15, 0.2) is 0 Å². The number of nitriles is 1. The van der Waals surface area contributed by atoms with Gasteiger partial charge in [0.2, 0.25) is 0 Å². The van der Waals surface area contributed by atoms with Gasteiger partial charge in [-0.05, 0) is 25.6 Å². The van der Waals surface area contributed by atoms with E-state index >= 15 is 0 Å². The fourth-order valence-corrected chi connectivity index (χ4v) is 4.25. The highest BCUT2D eigenvalue weighted by Gasteiger charge is 2.23. The van der Waals surface area contributed by atoms with Crippen molar-refractivity contribution < 1.29 is 0 Å². The zero-order valence-electron chi connectivity index (χ0n) is 17.8. The first kappa shape index (κ1) is 20.3. The Hall–Kier alpha value is -2.94. The van der Waals surface area contributed by atoms with Crippen LogP contribution in [0.5, 0.6) is 0 Å². The molecule has 1 aliphatic rings. The molecule has 154 valence electrons. The van der Waals surface area contributed by atoms with E-state index in [0.717, 1.165) is 61.7 Å². The van der Waals surface area contributed by atoms with Gasteiger partial charge >= 0.3 is 0 Å². The molecule has 1 saturated heterocycles. The average Bonchev–Trinajstić information content (AvgIpc) is 3.22. The Balaban J connectivity index is 1.70. The molecular weight excluding hydrogens is 370 g/mol. The summed E-state index contributed by atoms with van der Waals surface area (Å²) in [7, 11) is 2.20. The molecule has 5 heteroatoms. The van der Waals surface area contributed by atoms with Crippen LogP contribution in [0.4, 0.5) is 0 Å². The molecule has 0 saturated carbocycles. The predicted molar refractivity (Wildman–Crippen MR) is 121 cm³/mol. The van der Waals surface area contributed by atoms with Crippen molar-refractivity contribution >= 4 is 0 Å². The van der Waals surface area contributed by atoms with Crippen LogP contribution in [0.1, 0.15) is 18.9 Å². The summed E-state index contributed by atoms with van der Waals surface area (Å²) in [6, 6.07) is 20.9. The highest BCUT2D eigenvalue weighted by molar-refractivity contribution is 5.78. The topological polar surface area (TPSA) is 48.1 Å². The molecule has 0 amide bonds. The fraction of sp³-hybridized carbons (Fsp3) is 0.360. The Labute approximate surface area is 179 Å². The lowest BCUT2D eigenvalue weighted by molar-refractivity contribution is 0.100. The maximum absolute atomic E-state index is 9.18. The van der Waals surface area contributed by atoms with E-state index in [1.165, 1.54) is 0 Å². The standard InChI is InChI=1S/C25H29N5/c1-3-23(29-15-13-28(2)14-16-29)18-30-19-27-24(21-7-5-4-6-8-21)25(30)22-11-9-20(17-26)10-12-22/h4-12,19,23H,3,13-16,18H2,1-2H3/t23-/m1/s1. The number of hydrogen-bond acceptors (Lipinski definition) is 4. The highest BCUT2D eigenvalue weighted by atomic mass is 15.3. The first-order chi connectivity index (χ1) is 14.7. The van der Waals surface area contributed by atoms with Gasteiger partial charge in [-0.15, -0.1) is 0 Å². The summed E-state index contributed by atoms with van der Waals surface area (Å²) < 4.78 is 2.30. The van der Waals surface area contributed by atoms with Gasteiger partial charge in [0, 0.05) is 49.9 Å². The second kappa shape index (κ2) is 9.25. The molecule has 0 aliphatic carbocycles. The van der Waals surface area contributed by atoms with Crippen molar-refractivity contribution in [1.82, 2.24) is 19.4 Å². The Morgan fingerprint density at radius 1 is 0.967 bits per heavy atom. The summed E-state index contributed by atoms with van der Waals surface area (Å²) >= 11 is 0. The number of piperazine rings is 1. The van der Waals surface area contributed by atoms with E-state index in [1.807, 2.05) is 36.7 Å². The Kier molecular flexibility index (Phi) is 6.27. The smallest absolute Gasteiger partial charge is 0.0991 e. The normalized spacial score (nSPS) is 16.3. The van der Waals surface area contributed by atoms with Crippen molar-refractivity contribution in [2.45, 2.75) is 25.9 Å². The van der Waals surface area contributed by atoms with Gasteiger partial charge in [-0.2, -0.15) is 5.26 Å². The van der Waals surface area contributed by atoms with Gasteiger partial charge in [-0.3, -0.25) is 4.90 Å². The van der Waals surface area contributed by atoms with Crippen LogP contribution in [-0.2, 0) is 6.54 Å². The predicted octanol–water partition coefficient (Wildman–Crippen LogP) is 4.11. The van der Waals surface area contributed by atoms with Crippen LogP contribution in [0.25, 0.3) is 22.5 Å². The van der Waals surface area contributed by atoms with Crippen LogP contribution in [0.15, 0.2) is 60.9 Å². The molecule has 2 heterocycles. The van der Waals surface area contributed by atoms with Gasteiger partial charge in [0.25, 0.3) is 0 Å². The lowest BCUT2D eigenvalue weighted by atomic mass is 10.0. The van der Waals surface area contributed by atoms with Crippen molar-refractivity contribution in [2.24, 2.45) is 0 Å². The Bertz CT molecular complexity index is 992. The van der Waals surface area contributed by atoms with Crippen LogP contribution in [0.2, 0.25) is 0 Å². The number of nitrogens with zero attached hydrogens (tertiary/aromatic N) is 5. The monoisotopic (exact) mass is 399 g/mol. The number of likely N-dealkylation sites (N-methyl/N-ethyl adjacent to an activating group) is 1. The minimum Gasteiger partial charge on any atom is -0.328 e. The van der Waals surface area contributed by atoms with E-state index in [-0.39, 0.29) is 0 Å². The van der Waals surface area contributed by atoms with Crippen LogP contribution >= 0.6 is 0 Å². The number of aromatic nitrogens is 2. The molecule has 0 N–H and O–H groups in total. The van der Waals surface area contributed by atoms with Gasteiger partial charge < -0.3 is 9.47 Å². The van der Waals surface area contributed by atoms with E-state index in [0.29, 0.717) is 11.6 Å². The van der Waals surface area contributed by atoms with Crippen molar-refractivity contribution in [3.05, 3.63) is 66.5 Å². The summed E-state index contributed by atoms with van der Waals surface area (Å²) in [4.78, 5) is 9.84. The van der Waals surface area contributed by atoms with E-state index in [9.17, 15) is 5.26 Å². The quantitative estimate of drug-likeness (QED) is 0.626. The maximum Gasteiger partial charge on any atom is 0.0991 e. The lowest BCUT2D eigenvalue weighted by Gasteiger charge is -2.38. The summed E-state index contributed by atoms with van der Waals surface area (Å²) in [6.07, 6.45) is 3.09. The Morgan fingerprint density at radius 3 is 2.30 bits per heavy atom. The minimum absolute atomic E-state index is 0.480. The molecule has 0 radical (unpaired) electrons. The largest absolute Gasteiger partial charge is 0.328 e. The van der Waals surface area contributed by atoms with Gasteiger partial charge in [-0.1, -0.05) is 49.4 Å². The molecular formula is C25H29N5. The van der Waals surface area contributed by atoms with Crippen LogP contribution in [0.3, 0.4) is 0 Å². The molecule has 1 aliphatic heterocycles. The second-order valence-electron chi connectivity index (χ2n) is 8.05.